The molecule has 1 saturated heterocycles. The van der Waals surface area contributed by atoms with Crippen LogP contribution in [0.2, 0.25) is 0 Å². The first-order valence-electron chi connectivity index (χ1n) is 5.19. The number of hydrogen-bond acceptors (Lipinski definition) is 4. The Hall–Kier alpha value is -1.07. The lowest BCUT2D eigenvalue weighted by Gasteiger charge is -2.08. The Morgan fingerprint density at radius 3 is 3.25 bits per heavy atom. The smallest absolute Gasteiger partial charge is 0.354 e. The van der Waals surface area contributed by atoms with Crippen LogP contribution in [-0.2, 0) is 4.74 Å². The summed E-state index contributed by atoms with van der Waals surface area (Å²) in [6, 6.07) is 3.42. The van der Waals surface area contributed by atoms with Gasteiger partial charge in [-0.25, -0.2) is 9.78 Å². The van der Waals surface area contributed by atoms with Crippen LogP contribution in [0.25, 0.3) is 0 Å². The highest BCUT2D eigenvalue weighted by Crippen LogP contribution is 2.23. The molecule has 1 aromatic heterocycles. The van der Waals surface area contributed by atoms with E-state index < -0.39 is 5.97 Å². The van der Waals surface area contributed by atoms with Crippen molar-refractivity contribution in [3.05, 3.63) is 24.0 Å². The molecule has 0 bridgehead atoms. The molecule has 4 nitrogen and oxygen atoms in total. The van der Waals surface area contributed by atoms with E-state index in [0.29, 0.717) is 6.10 Å². The van der Waals surface area contributed by atoms with Crippen molar-refractivity contribution >= 4 is 17.7 Å². The summed E-state index contributed by atoms with van der Waals surface area (Å²) in [4.78, 5) is 15.4. The number of nitrogens with zero attached hydrogens (tertiary/aromatic N) is 1. The van der Waals surface area contributed by atoms with Crippen molar-refractivity contribution in [3.8, 4) is 0 Å². The molecule has 2 heterocycles. The van der Waals surface area contributed by atoms with Crippen molar-refractivity contribution < 1.29 is 14.6 Å². The molecule has 16 heavy (non-hydrogen) atoms. The highest BCUT2D eigenvalue weighted by atomic mass is 32.2. The van der Waals surface area contributed by atoms with E-state index in [4.69, 9.17) is 9.84 Å². The molecule has 0 spiro atoms. The molecule has 1 aromatic rings. The number of aromatic nitrogens is 1. The fourth-order valence-electron chi connectivity index (χ4n) is 1.58. The molecular formula is C11H13NO3S. The highest BCUT2D eigenvalue weighted by Gasteiger charge is 2.15. The number of hydrogen-bond donors (Lipinski definition) is 1. The van der Waals surface area contributed by atoms with Crippen molar-refractivity contribution in [1.82, 2.24) is 4.98 Å². The van der Waals surface area contributed by atoms with Crippen LogP contribution in [0.3, 0.4) is 0 Å². The van der Waals surface area contributed by atoms with Gasteiger partial charge < -0.3 is 9.84 Å². The van der Waals surface area contributed by atoms with Crippen molar-refractivity contribution in [3.63, 3.8) is 0 Å². The minimum atomic E-state index is -0.987. The highest BCUT2D eigenvalue weighted by molar-refractivity contribution is 7.99. The van der Waals surface area contributed by atoms with E-state index in [1.807, 2.05) is 6.07 Å². The Bertz CT molecular complexity index is 377. The Kier molecular flexibility index (Phi) is 3.79. The Morgan fingerprint density at radius 2 is 2.56 bits per heavy atom. The minimum Gasteiger partial charge on any atom is -0.477 e. The van der Waals surface area contributed by atoms with E-state index >= 15 is 0 Å². The molecule has 0 aliphatic carbocycles. The van der Waals surface area contributed by atoms with E-state index in [1.165, 1.54) is 6.20 Å². The Morgan fingerprint density at radius 1 is 1.69 bits per heavy atom. The topological polar surface area (TPSA) is 59.4 Å². The van der Waals surface area contributed by atoms with Crippen molar-refractivity contribution in [1.29, 1.82) is 0 Å². The summed E-state index contributed by atoms with van der Waals surface area (Å²) in [6.45, 7) is 0.849. The predicted molar refractivity (Wildman–Crippen MR) is 60.9 cm³/mol. The van der Waals surface area contributed by atoms with Gasteiger partial charge in [0.2, 0.25) is 0 Å². The molecule has 1 N–H and O–H groups in total. The van der Waals surface area contributed by atoms with Crippen LogP contribution >= 0.6 is 11.8 Å². The Balaban J connectivity index is 1.93. The van der Waals surface area contributed by atoms with Crippen LogP contribution < -0.4 is 0 Å². The first-order valence-corrected chi connectivity index (χ1v) is 6.18. The number of pyridine rings is 1. The van der Waals surface area contributed by atoms with E-state index in [-0.39, 0.29) is 5.69 Å². The lowest BCUT2D eigenvalue weighted by Crippen LogP contribution is -2.07. The van der Waals surface area contributed by atoms with Crippen LogP contribution in [0.5, 0.6) is 0 Å². The largest absolute Gasteiger partial charge is 0.477 e. The number of aromatic carboxylic acids is 1. The van der Waals surface area contributed by atoms with Crippen molar-refractivity contribution in [2.45, 2.75) is 23.8 Å². The summed E-state index contributed by atoms with van der Waals surface area (Å²) in [5, 5.41) is 8.79. The fourth-order valence-corrected chi connectivity index (χ4v) is 2.58. The quantitative estimate of drug-likeness (QED) is 0.815. The molecular weight excluding hydrogens is 226 g/mol. The van der Waals surface area contributed by atoms with Crippen molar-refractivity contribution in [2.24, 2.45) is 0 Å². The van der Waals surface area contributed by atoms with Crippen molar-refractivity contribution in [2.75, 3.05) is 12.4 Å². The molecule has 2 rings (SSSR count). The van der Waals surface area contributed by atoms with E-state index in [1.54, 1.807) is 17.8 Å². The molecule has 1 fully saturated rings. The number of carboxylic acids is 1. The zero-order valence-electron chi connectivity index (χ0n) is 8.76. The van der Waals surface area contributed by atoms with Gasteiger partial charge in [-0.15, -0.1) is 11.8 Å². The third kappa shape index (κ3) is 2.96. The van der Waals surface area contributed by atoms with Gasteiger partial charge in [0.05, 0.1) is 6.10 Å². The van der Waals surface area contributed by atoms with Crippen LogP contribution in [0.4, 0.5) is 0 Å². The monoisotopic (exact) mass is 239 g/mol. The number of carboxylic acid groups (broad SMARTS) is 1. The van der Waals surface area contributed by atoms with Gasteiger partial charge in [0.1, 0.15) is 5.69 Å². The molecule has 5 heteroatoms. The maximum atomic E-state index is 10.7. The van der Waals surface area contributed by atoms with Crippen LogP contribution in [0.15, 0.2) is 23.2 Å². The second-order valence-corrected chi connectivity index (χ2v) is 4.72. The molecule has 0 saturated carbocycles. The van der Waals surface area contributed by atoms with E-state index in [0.717, 1.165) is 30.1 Å². The number of thioether (sulfide) groups is 1. The lowest BCUT2D eigenvalue weighted by molar-refractivity contribution is 0.0690. The average molecular weight is 239 g/mol. The number of carbonyl (C=O) groups is 1. The van der Waals surface area contributed by atoms with E-state index in [2.05, 4.69) is 4.98 Å². The third-order valence-corrected chi connectivity index (χ3v) is 3.54. The predicted octanol–water partition coefficient (Wildman–Crippen LogP) is 2.05. The fraction of sp³-hybridized carbons (Fsp3) is 0.455. The molecule has 0 amide bonds. The summed E-state index contributed by atoms with van der Waals surface area (Å²) in [5.74, 6) is -0.108. The molecule has 1 atom stereocenters. The molecule has 0 aromatic carbocycles. The molecule has 86 valence electrons. The Labute approximate surface area is 98.0 Å². The summed E-state index contributed by atoms with van der Waals surface area (Å²) >= 11 is 1.62. The summed E-state index contributed by atoms with van der Waals surface area (Å²) in [7, 11) is 0. The summed E-state index contributed by atoms with van der Waals surface area (Å²) in [5.41, 5.74) is 0.0948. The lowest BCUT2D eigenvalue weighted by atomic mass is 10.3. The molecule has 1 unspecified atom stereocenters. The van der Waals surface area contributed by atoms with Gasteiger partial charge in [-0.3, -0.25) is 0 Å². The standard InChI is InChI=1S/C11H13NO3S/c13-11(14)10-6-9(3-4-12-10)16-7-8-2-1-5-15-8/h3-4,6,8H,1-2,5,7H2,(H,13,14). The molecule has 1 aliphatic rings. The maximum Gasteiger partial charge on any atom is 0.354 e. The first kappa shape index (κ1) is 11.4. The number of rotatable bonds is 4. The van der Waals surface area contributed by atoms with Gasteiger partial charge in [-0.05, 0) is 25.0 Å². The van der Waals surface area contributed by atoms with Gasteiger partial charge in [-0.2, -0.15) is 0 Å². The van der Waals surface area contributed by atoms with Gasteiger partial charge in [-0.1, -0.05) is 0 Å². The zero-order valence-corrected chi connectivity index (χ0v) is 9.57. The second-order valence-electron chi connectivity index (χ2n) is 3.63. The summed E-state index contributed by atoms with van der Waals surface area (Å²) < 4.78 is 5.50. The number of ether oxygens (including phenoxy) is 1. The van der Waals surface area contributed by atoms with Gasteiger partial charge in [0, 0.05) is 23.5 Å². The maximum absolute atomic E-state index is 10.7. The van der Waals surface area contributed by atoms with Crippen LogP contribution in [-0.4, -0.2) is 34.5 Å². The first-order chi connectivity index (χ1) is 7.75. The minimum absolute atomic E-state index is 0.0948. The normalized spacial score (nSPS) is 19.9. The SMILES string of the molecule is O=C(O)c1cc(SCC2CCCO2)ccn1. The molecule has 0 radical (unpaired) electrons. The third-order valence-electron chi connectivity index (χ3n) is 2.41. The summed E-state index contributed by atoms with van der Waals surface area (Å²) in [6.07, 6.45) is 4.07. The van der Waals surface area contributed by atoms with Gasteiger partial charge in [0.15, 0.2) is 0 Å². The van der Waals surface area contributed by atoms with Gasteiger partial charge in [0.25, 0.3) is 0 Å². The van der Waals surface area contributed by atoms with Crippen LogP contribution in [0, 0.1) is 0 Å². The average Bonchev–Trinajstić information content (AvgIpc) is 2.79. The zero-order chi connectivity index (χ0) is 11.4. The second kappa shape index (κ2) is 5.32. The van der Waals surface area contributed by atoms with Gasteiger partial charge >= 0.3 is 5.97 Å². The van der Waals surface area contributed by atoms with E-state index in [9.17, 15) is 4.79 Å². The molecule has 1 aliphatic heterocycles. The van der Waals surface area contributed by atoms with Crippen LogP contribution in [0.1, 0.15) is 23.3 Å².